The quantitative estimate of drug-likeness (QED) is 0.884. The molecule has 1 amide bonds. The summed E-state index contributed by atoms with van der Waals surface area (Å²) in [5, 5.41) is 10.2. The molecular weight excluding hydrogens is 282 g/mol. The van der Waals surface area contributed by atoms with Gasteiger partial charge in [0.2, 0.25) is 5.89 Å². The third-order valence-corrected chi connectivity index (χ3v) is 3.98. The van der Waals surface area contributed by atoms with E-state index < -0.39 is 11.5 Å². The first kappa shape index (κ1) is 14.7. The fourth-order valence-corrected chi connectivity index (χ4v) is 2.77. The van der Waals surface area contributed by atoms with Crippen molar-refractivity contribution in [1.82, 2.24) is 9.88 Å². The molecule has 2 heterocycles. The highest BCUT2D eigenvalue weighted by atomic mass is 16.4. The monoisotopic (exact) mass is 301 g/mol. The summed E-state index contributed by atoms with van der Waals surface area (Å²) in [5.41, 5.74) is 4.80. The van der Waals surface area contributed by atoms with E-state index in [1.807, 2.05) is 35.2 Å². The molecule has 1 aromatic heterocycles. The van der Waals surface area contributed by atoms with Gasteiger partial charge < -0.3 is 15.3 Å². The number of primary amides is 1. The summed E-state index contributed by atoms with van der Waals surface area (Å²) in [7, 11) is 0. The number of carbonyl (C=O) groups is 1. The van der Waals surface area contributed by atoms with Crippen molar-refractivity contribution in [3.63, 3.8) is 0 Å². The Morgan fingerprint density at radius 2 is 2.18 bits per heavy atom. The lowest BCUT2D eigenvalue weighted by molar-refractivity contribution is -0.142. The zero-order valence-corrected chi connectivity index (χ0v) is 12.2. The summed E-state index contributed by atoms with van der Waals surface area (Å²) in [6, 6.07) is 9.73. The smallest absolute Gasteiger partial charge is 0.250 e. The third-order valence-electron chi connectivity index (χ3n) is 3.98. The van der Waals surface area contributed by atoms with Crippen molar-refractivity contribution < 1.29 is 14.3 Å². The summed E-state index contributed by atoms with van der Waals surface area (Å²) in [6.45, 7) is 1.44. The van der Waals surface area contributed by atoms with Crippen molar-refractivity contribution in [2.45, 2.75) is 25.0 Å². The second-order valence-electron chi connectivity index (χ2n) is 5.69. The standard InChI is InChI=1S/C16H19N3O3/c17-15(20)16(21)7-4-8-19(11-16)10-14-18-9-13(22-14)12-5-2-1-3-6-12/h1-3,5-6,9,21H,4,7-8,10-11H2,(H2,17,20). The molecule has 1 atom stereocenters. The van der Waals surface area contributed by atoms with Crippen LogP contribution in [0.4, 0.5) is 0 Å². The van der Waals surface area contributed by atoms with E-state index in [1.165, 1.54) is 0 Å². The number of rotatable bonds is 4. The predicted molar refractivity (Wildman–Crippen MR) is 80.6 cm³/mol. The molecule has 0 saturated carbocycles. The van der Waals surface area contributed by atoms with Crippen LogP contribution in [0, 0.1) is 0 Å². The molecule has 22 heavy (non-hydrogen) atoms. The summed E-state index contributed by atoms with van der Waals surface area (Å²) in [4.78, 5) is 17.6. The largest absolute Gasteiger partial charge is 0.439 e. The Balaban J connectivity index is 1.69. The van der Waals surface area contributed by atoms with E-state index in [0.717, 1.165) is 12.1 Å². The van der Waals surface area contributed by atoms with Crippen molar-refractivity contribution in [3.05, 3.63) is 42.4 Å². The lowest BCUT2D eigenvalue weighted by Crippen LogP contribution is -2.55. The van der Waals surface area contributed by atoms with Crippen LogP contribution >= 0.6 is 0 Å². The number of carbonyl (C=O) groups excluding carboxylic acids is 1. The molecule has 1 fully saturated rings. The van der Waals surface area contributed by atoms with E-state index >= 15 is 0 Å². The van der Waals surface area contributed by atoms with Crippen LogP contribution in [0.2, 0.25) is 0 Å². The fraction of sp³-hybridized carbons (Fsp3) is 0.375. The molecule has 3 N–H and O–H groups in total. The molecule has 0 radical (unpaired) electrons. The first-order chi connectivity index (χ1) is 10.6. The first-order valence-corrected chi connectivity index (χ1v) is 7.32. The summed E-state index contributed by atoms with van der Waals surface area (Å²) in [5.74, 6) is 0.597. The van der Waals surface area contributed by atoms with E-state index in [4.69, 9.17) is 10.2 Å². The van der Waals surface area contributed by atoms with Crippen LogP contribution in [0.1, 0.15) is 18.7 Å². The minimum atomic E-state index is -1.45. The zero-order chi connectivity index (χ0) is 15.6. The van der Waals surface area contributed by atoms with Crippen LogP contribution in [0.5, 0.6) is 0 Å². The highest BCUT2D eigenvalue weighted by Gasteiger charge is 2.38. The number of oxazole rings is 1. The van der Waals surface area contributed by atoms with Gasteiger partial charge >= 0.3 is 0 Å². The van der Waals surface area contributed by atoms with Gasteiger partial charge in [-0.25, -0.2) is 4.98 Å². The first-order valence-electron chi connectivity index (χ1n) is 7.32. The number of nitrogens with two attached hydrogens (primary N) is 1. The zero-order valence-electron chi connectivity index (χ0n) is 12.2. The van der Waals surface area contributed by atoms with E-state index in [9.17, 15) is 9.90 Å². The maximum absolute atomic E-state index is 11.4. The Morgan fingerprint density at radius 1 is 1.41 bits per heavy atom. The summed E-state index contributed by atoms with van der Waals surface area (Å²) in [6.07, 6.45) is 2.81. The average molecular weight is 301 g/mol. The number of aromatic nitrogens is 1. The number of piperidine rings is 1. The number of likely N-dealkylation sites (tertiary alicyclic amines) is 1. The number of aliphatic hydroxyl groups is 1. The van der Waals surface area contributed by atoms with Gasteiger partial charge in [0.25, 0.3) is 5.91 Å². The van der Waals surface area contributed by atoms with Gasteiger partial charge in [-0.1, -0.05) is 30.3 Å². The van der Waals surface area contributed by atoms with Crippen molar-refractivity contribution in [3.8, 4) is 11.3 Å². The number of nitrogens with zero attached hydrogens (tertiary/aromatic N) is 2. The molecule has 1 saturated heterocycles. The Morgan fingerprint density at radius 3 is 2.91 bits per heavy atom. The molecule has 1 aliphatic rings. The second-order valence-corrected chi connectivity index (χ2v) is 5.69. The number of amides is 1. The predicted octanol–water partition coefficient (Wildman–Crippen LogP) is 1.15. The van der Waals surface area contributed by atoms with Crippen LogP contribution in [-0.2, 0) is 11.3 Å². The van der Waals surface area contributed by atoms with Gasteiger partial charge in [-0.05, 0) is 19.4 Å². The SMILES string of the molecule is NC(=O)C1(O)CCCN(Cc2ncc(-c3ccccc3)o2)C1. The summed E-state index contributed by atoms with van der Waals surface area (Å²) < 4.78 is 5.75. The lowest BCUT2D eigenvalue weighted by Gasteiger charge is -2.36. The van der Waals surface area contributed by atoms with E-state index in [2.05, 4.69) is 4.98 Å². The minimum absolute atomic E-state index is 0.214. The molecule has 116 valence electrons. The molecule has 0 aliphatic carbocycles. The van der Waals surface area contributed by atoms with Gasteiger partial charge in [0.1, 0.15) is 0 Å². The van der Waals surface area contributed by atoms with Gasteiger partial charge in [0.15, 0.2) is 11.4 Å². The van der Waals surface area contributed by atoms with Crippen LogP contribution in [-0.4, -0.2) is 39.6 Å². The maximum Gasteiger partial charge on any atom is 0.250 e. The Hall–Kier alpha value is -2.18. The van der Waals surface area contributed by atoms with Crippen molar-refractivity contribution in [2.75, 3.05) is 13.1 Å². The minimum Gasteiger partial charge on any atom is -0.439 e. The number of hydrogen-bond donors (Lipinski definition) is 2. The van der Waals surface area contributed by atoms with Crippen molar-refractivity contribution >= 4 is 5.91 Å². The highest BCUT2D eigenvalue weighted by Crippen LogP contribution is 2.24. The van der Waals surface area contributed by atoms with Crippen LogP contribution in [0.15, 0.2) is 40.9 Å². The molecule has 1 aromatic carbocycles. The van der Waals surface area contributed by atoms with Crippen molar-refractivity contribution in [1.29, 1.82) is 0 Å². The van der Waals surface area contributed by atoms with Crippen LogP contribution in [0.25, 0.3) is 11.3 Å². The van der Waals surface area contributed by atoms with Gasteiger partial charge in [-0.2, -0.15) is 0 Å². The number of hydrogen-bond acceptors (Lipinski definition) is 5. The van der Waals surface area contributed by atoms with Crippen LogP contribution < -0.4 is 5.73 Å². The molecule has 2 aromatic rings. The Labute approximate surface area is 128 Å². The van der Waals surface area contributed by atoms with Gasteiger partial charge in [-0.3, -0.25) is 9.69 Å². The Bertz CT molecular complexity index is 656. The van der Waals surface area contributed by atoms with E-state index in [-0.39, 0.29) is 6.54 Å². The molecule has 1 unspecified atom stereocenters. The second kappa shape index (κ2) is 5.90. The molecule has 6 heteroatoms. The molecular formula is C16H19N3O3. The maximum atomic E-state index is 11.4. The van der Waals surface area contributed by atoms with Crippen LogP contribution in [0.3, 0.4) is 0 Å². The molecule has 6 nitrogen and oxygen atoms in total. The number of benzene rings is 1. The average Bonchev–Trinajstić information content (AvgIpc) is 2.97. The van der Waals surface area contributed by atoms with E-state index in [1.54, 1.807) is 6.20 Å². The van der Waals surface area contributed by atoms with E-state index in [0.29, 0.717) is 31.0 Å². The molecule has 0 spiro atoms. The lowest BCUT2D eigenvalue weighted by atomic mass is 9.92. The Kier molecular flexibility index (Phi) is 3.96. The molecule has 1 aliphatic heterocycles. The highest BCUT2D eigenvalue weighted by molar-refractivity contribution is 5.83. The third kappa shape index (κ3) is 3.03. The normalized spacial score (nSPS) is 22.6. The molecule has 0 bridgehead atoms. The van der Waals surface area contributed by atoms with Gasteiger partial charge in [0.05, 0.1) is 12.7 Å². The summed E-state index contributed by atoms with van der Waals surface area (Å²) >= 11 is 0. The van der Waals surface area contributed by atoms with Crippen molar-refractivity contribution in [2.24, 2.45) is 5.73 Å². The van der Waals surface area contributed by atoms with Gasteiger partial charge in [-0.15, -0.1) is 0 Å². The fourth-order valence-electron chi connectivity index (χ4n) is 2.77. The topological polar surface area (TPSA) is 92.6 Å². The molecule has 3 rings (SSSR count). The van der Waals surface area contributed by atoms with Gasteiger partial charge in [0, 0.05) is 12.1 Å². The number of β-amino-alcohol motifs (C(OH)–C–C–N with tert-alkyl or cyclic N) is 1.